The van der Waals surface area contributed by atoms with Gasteiger partial charge in [-0.15, -0.1) is 0 Å². The van der Waals surface area contributed by atoms with Gasteiger partial charge in [0.15, 0.2) is 17.2 Å². The maximum Gasteiger partial charge on any atom is 0.252 e. The number of halogens is 2. The fraction of sp³-hybridized carbons (Fsp3) is 0.364. The molecule has 1 aliphatic carbocycles. The van der Waals surface area contributed by atoms with E-state index in [9.17, 15) is 18.7 Å². The second kappa shape index (κ2) is 3.52. The topological polar surface area (TPSA) is 49.3 Å². The number of rotatable bonds is 1. The van der Waals surface area contributed by atoms with E-state index in [0.29, 0.717) is 11.1 Å². The van der Waals surface area contributed by atoms with E-state index in [2.05, 4.69) is 5.32 Å². The van der Waals surface area contributed by atoms with E-state index in [0.717, 1.165) is 12.1 Å². The van der Waals surface area contributed by atoms with E-state index in [1.54, 1.807) is 0 Å². The highest BCUT2D eigenvalue weighted by atomic mass is 19.2. The Hall–Kier alpha value is -1.49. The number of hydrogen-bond acceptors (Lipinski definition) is 2. The quantitative estimate of drug-likeness (QED) is 0.735. The van der Waals surface area contributed by atoms with Crippen molar-refractivity contribution in [1.82, 2.24) is 5.32 Å². The molecule has 0 radical (unpaired) electrons. The molecule has 0 saturated heterocycles. The van der Waals surface area contributed by atoms with Crippen molar-refractivity contribution in [3.63, 3.8) is 0 Å². The van der Waals surface area contributed by atoms with Crippen LogP contribution in [0.2, 0.25) is 0 Å². The van der Waals surface area contributed by atoms with Crippen LogP contribution in [0.3, 0.4) is 0 Å². The maximum absolute atomic E-state index is 13.0. The van der Waals surface area contributed by atoms with Crippen LogP contribution >= 0.6 is 0 Å². The lowest BCUT2D eigenvalue weighted by molar-refractivity contribution is -0.138. The molecule has 0 bridgehead atoms. The zero-order chi connectivity index (χ0) is 11.9. The van der Waals surface area contributed by atoms with Gasteiger partial charge in [0.1, 0.15) is 0 Å². The van der Waals surface area contributed by atoms with E-state index in [1.165, 1.54) is 7.05 Å². The van der Waals surface area contributed by atoms with E-state index < -0.39 is 23.1 Å². The Morgan fingerprint density at radius 3 is 2.12 bits per heavy atom. The van der Waals surface area contributed by atoms with Crippen LogP contribution in [-0.4, -0.2) is 23.7 Å². The molecule has 86 valence electrons. The summed E-state index contributed by atoms with van der Waals surface area (Å²) in [7, 11) is 1.41. The third kappa shape index (κ3) is 1.57. The van der Waals surface area contributed by atoms with E-state index >= 15 is 0 Å². The van der Waals surface area contributed by atoms with Gasteiger partial charge in [0.25, 0.3) is 5.91 Å². The van der Waals surface area contributed by atoms with Crippen molar-refractivity contribution in [2.24, 2.45) is 0 Å². The normalized spacial score (nSPS) is 17.0. The summed E-state index contributed by atoms with van der Waals surface area (Å²) in [5, 5.41) is 12.3. The summed E-state index contributed by atoms with van der Waals surface area (Å²) in [6, 6.07) is 2.07. The van der Waals surface area contributed by atoms with Gasteiger partial charge in [0, 0.05) is 19.9 Å². The Labute approximate surface area is 91.1 Å². The minimum Gasteiger partial charge on any atom is -0.379 e. The molecule has 0 saturated carbocycles. The molecule has 16 heavy (non-hydrogen) atoms. The van der Waals surface area contributed by atoms with Gasteiger partial charge in [-0.05, 0) is 23.3 Å². The number of amides is 1. The van der Waals surface area contributed by atoms with Gasteiger partial charge >= 0.3 is 0 Å². The largest absolute Gasteiger partial charge is 0.379 e. The van der Waals surface area contributed by atoms with Crippen molar-refractivity contribution in [1.29, 1.82) is 0 Å². The molecule has 0 aliphatic heterocycles. The number of aliphatic hydroxyl groups is 1. The average Bonchev–Trinajstić information content (AvgIpc) is 2.55. The second-order valence-electron chi connectivity index (χ2n) is 4.00. The monoisotopic (exact) mass is 227 g/mol. The van der Waals surface area contributed by atoms with Gasteiger partial charge < -0.3 is 10.4 Å². The third-order valence-corrected chi connectivity index (χ3v) is 2.86. The molecule has 2 rings (SSSR count). The minimum atomic E-state index is -1.59. The van der Waals surface area contributed by atoms with Crippen molar-refractivity contribution in [2.75, 3.05) is 7.05 Å². The number of carbonyl (C=O) groups is 1. The molecule has 0 unspecified atom stereocenters. The molecule has 1 aliphatic rings. The molecule has 1 amide bonds. The maximum atomic E-state index is 13.0. The van der Waals surface area contributed by atoms with Gasteiger partial charge in [0.2, 0.25) is 0 Å². The fourth-order valence-electron chi connectivity index (χ4n) is 2.04. The Balaban J connectivity index is 2.37. The number of likely N-dealkylation sites (N-methyl/N-ethyl adjacent to an activating group) is 1. The summed E-state index contributed by atoms with van der Waals surface area (Å²) < 4.78 is 25.9. The van der Waals surface area contributed by atoms with Crippen LogP contribution in [0, 0.1) is 11.6 Å². The molecule has 0 aromatic heterocycles. The van der Waals surface area contributed by atoms with Crippen molar-refractivity contribution in [3.8, 4) is 0 Å². The standard InChI is InChI=1S/C11H11F2NO2/c1-14-10(15)11(16)4-6-2-8(12)9(13)3-7(6)5-11/h2-3,16H,4-5H2,1H3,(H,14,15). The van der Waals surface area contributed by atoms with E-state index in [-0.39, 0.29) is 12.8 Å². The average molecular weight is 227 g/mol. The lowest BCUT2D eigenvalue weighted by Gasteiger charge is -2.19. The molecule has 1 aromatic rings. The van der Waals surface area contributed by atoms with Crippen LogP contribution in [0.5, 0.6) is 0 Å². The van der Waals surface area contributed by atoms with Gasteiger partial charge in [-0.1, -0.05) is 0 Å². The Kier molecular flexibility index (Phi) is 2.42. The molecule has 0 spiro atoms. The predicted octanol–water partition coefficient (Wildman–Crippen LogP) is 0.541. The van der Waals surface area contributed by atoms with Gasteiger partial charge in [-0.25, -0.2) is 8.78 Å². The number of benzene rings is 1. The first kappa shape index (κ1) is 11.0. The summed E-state index contributed by atoms with van der Waals surface area (Å²) in [4.78, 5) is 11.4. The van der Waals surface area contributed by atoms with Crippen LogP contribution in [-0.2, 0) is 17.6 Å². The van der Waals surface area contributed by atoms with Crippen LogP contribution in [0.25, 0.3) is 0 Å². The molecule has 0 fully saturated rings. The van der Waals surface area contributed by atoms with Crippen LogP contribution in [0.1, 0.15) is 11.1 Å². The highest BCUT2D eigenvalue weighted by Gasteiger charge is 2.41. The summed E-state index contributed by atoms with van der Waals surface area (Å²) >= 11 is 0. The molecular weight excluding hydrogens is 216 g/mol. The fourth-order valence-corrected chi connectivity index (χ4v) is 2.04. The Bertz CT molecular complexity index is 429. The predicted molar refractivity (Wildman–Crippen MR) is 52.8 cm³/mol. The lowest BCUT2D eigenvalue weighted by atomic mass is 10.00. The number of carbonyl (C=O) groups excluding carboxylic acids is 1. The third-order valence-electron chi connectivity index (χ3n) is 2.86. The molecule has 1 aromatic carbocycles. The summed E-state index contributed by atoms with van der Waals surface area (Å²) in [5.74, 6) is -2.45. The minimum absolute atomic E-state index is 0.0131. The smallest absolute Gasteiger partial charge is 0.252 e. The Morgan fingerprint density at radius 1 is 1.31 bits per heavy atom. The van der Waals surface area contributed by atoms with Crippen molar-refractivity contribution >= 4 is 5.91 Å². The molecule has 5 heteroatoms. The van der Waals surface area contributed by atoms with Crippen LogP contribution in [0.15, 0.2) is 12.1 Å². The van der Waals surface area contributed by atoms with E-state index in [4.69, 9.17) is 0 Å². The first-order valence-electron chi connectivity index (χ1n) is 4.87. The molecule has 0 heterocycles. The molecule has 2 N–H and O–H groups in total. The Morgan fingerprint density at radius 2 is 1.75 bits per heavy atom. The van der Waals surface area contributed by atoms with Crippen molar-refractivity contribution < 1.29 is 18.7 Å². The first-order valence-corrected chi connectivity index (χ1v) is 4.87. The number of fused-ring (bicyclic) bond motifs is 1. The number of hydrogen-bond donors (Lipinski definition) is 2. The summed E-state index contributed by atoms with van der Waals surface area (Å²) in [6.07, 6.45) is 0.0262. The van der Waals surface area contributed by atoms with Crippen LogP contribution < -0.4 is 5.32 Å². The molecular formula is C11H11F2NO2. The SMILES string of the molecule is CNC(=O)C1(O)Cc2cc(F)c(F)cc2C1. The molecule has 3 nitrogen and oxygen atoms in total. The lowest BCUT2D eigenvalue weighted by Crippen LogP contribution is -2.46. The number of nitrogens with one attached hydrogen (secondary N) is 1. The van der Waals surface area contributed by atoms with Crippen molar-refractivity contribution in [2.45, 2.75) is 18.4 Å². The molecule has 0 atom stereocenters. The van der Waals surface area contributed by atoms with Gasteiger partial charge in [-0.2, -0.15) is 0 Å². The second-order valence-corrected chi connectivity index (χ2v) is 4.00. The van der Waals surface area contributed by atoms with E-state index in [1.807, 2.05) is 0 Å². The summed E-state index contributed by atoms with van der Waals surface area (Å²) in [6.45, 7) is 0. The highest BCUT2D eigenvalue weighted by Crippen LogP contribution is 2.31. The zero-order valence-corrected chi connectivity index (χ0v) is 8.68. The van der Waals surface area contributed by atoms with Crippen LogP contribution in [0.4, 0.5) is 8.78 Å². The zero-order valence-electron chi connectivity index (χ0n) is 8.68. The van der Waals surface area contributed by atoms with Gasteiger partial charge in [-0.3, -0.25) is 4.79 Å². The van der Waals surface area contributed by atoms with Crippen molar-refractivity contribution in [3.05, 3.63) is 34.9 Å². The highest BCUT2D eigenvalue weighted by molar-refractivity contribution is 5.86. The first-order chi connectivity index (χ1) is 7.46. The summed E-state index contributed by atoms with van der Waals surface area (Å²) in [5.41, 5.74) is -0.632. The van der Waals surface area contributed by atoms with Gasteiger partial charge in [0.05, 0.1) is 0 Å².